The number of fused-ring (bicyclic) bond motifs is 2. The van der Waals surface area contributed by atoms with E-state index in [2.05, 4.69) is 0 Å². The summed E-state index contributed by atoms with van der Waals surface area (Å²) in [6.45, 7) is 5.90. The number of amides is 1. The lowest BCUT2D eigenvalue weighted by Crippen LogP contribution is -2.29. The van der Waals surface area contributed by atoms with Gasteiger partial charge in [-0.25, -0.2) is 9.78 Å². The molecule has 0 saturated carbocycles. The molecule has 3 heterocycles. The van der Waals surface area contributed by atoms with Gasteiger partial charge in [-0.15, -0.1) is 0 Å². The first-order chi connectivity index (χ1) is 19.2. The van der Waals surface area contributed by atoms with E-state index in [-0.39, 0.29) is 17.4 Å². The van der Waals surface area contributed by atoms with E-state index in [1.165, 1.54) is 23.3 Å². The number of nitrogens with zero attached hydrogens (tertiary/aromatic N) is 2. The molecule has 1 fully saturated rings. The number of ether oxygens (including phenoxy) is 2. The van der Waals surface area contributed by atoms with Gasteiger partial charge in [-0.05, 0) is 79.4 Å². The first-order valence-corrected chi connectivity index (χ1v) is 13.6. The molecule has 2 atom stereocenters. The molecule has 0 radical (unpaired) electrons. The zero-order chi connectivity index (χ0) is 28.3. The van der Waals surface area contributed by atoms with Crippen LogP contribution in [0.25, 0.3) is 16.0 Å². The van der Waals surface area contributed by atoms with Crippen LogP contribution in [0.4, 0.5) is 5.13 Å². The molecule has 1 amide bonds. The van der Waals surface area contributed by atoms with Gasteiger partial charge in [0.25, 0.3) is 5.78 Å². The SMILES string of the molecule is COC(=O)c1ccc(C2/C(=C(/O)c3ccc4c(c3)CC(C)O4)C(=O)C(=O)N2c2nc3c(C)cc(C)cc3s2)cc1. The summed E-state index contributed by atoms with van der Waals surface area (Å²) in [5.41, 5.74) is 4.92. The lowest BCUT2D eigenvalue weighted by Gasteiger charge is -2.23. The fourth-order valence-corrected chi connectivity index (χ4v) is 6.62. The number of hydrogen-bond acceptors (Lipinski definition) is 8. The lowest BCUT2D eigenvalue weighted by molar-refractivity contribution is -0.132. The van der Waals surface area contributed by atoms with E-state index >= 15 is 0 Å². The van der Waals surface area contributed by atoms with E-state index in [4.69, 9.17) is 14.5 Å². The van der Waals surface area contributed by atoms with E-state index in [1.54, 1.807) is 42.5 Å². The number of aryl methyl sites for hydroxylation is 2. The van der Waals surface area contributed by atoms with Crippen LogP contribution in [0, 0.1) is 13.8 Å². The number of ketones is 1. The fourth-order valence-electron chi connectivity index (χ4n) is 5.45. The number of carbonyl (C=O) groups excluding carboxylic acids is 3. The zero-order valence-electron chi connectivity index (χ0n) is 22.3. The first-order valence-electron chi connectivity index (χ1n) is 12.8. The summed E-state index contributed by atoms with van der Waals surface area (Å²) in [7, 11) is 1.30. The Kier molecular flexibility index (Phi) is 6.18. The number of thiazole rings is 1. The molecule has 2 aliphatic heterocycles. The molecule has 0 bridgehead atoms. The van der Waals surface area contributed by atoms with Crippen molar-refractivity contribution in [1.82, 2.24) is 4.98 Å². The molecule has 0 aliphatic carbocycles. The van der Waals surface area contributed by atoms with Crippen LogP contribution in [0.5, 0.6) is 5.75 Å². The number of aliphatic hydroxyl groups excluding tert-OH is 1. The van der Waals surface area contributed by atoms with E-state index in [9.17, 15) is 19.5 Å². The number of aliphatic hydroxyl groups is 1. The van der Waals surface area contributed by atoms with Crippen LogP contribution < -0.4 is 9.64 Å². The molecule has 4 aromatic rings. The molecule has 8 nitrogen and oxygen atoms in total. The Labute approximate surface area is 234 Å². The summed E-state index contributed by atoms with van der Waals surface area (Å²) in [4.78, 5) is 45.4. The van der Waals surface area contributed by atoms with Crippen LogP contribution in [-0.4, -0.2) is 41.0 Å². The van der Waals surface area contributed by atoms with E-state index < -0.39 is 23.7 Å². The van der Waals surface area contributed by atoms with Crippen molar-refractivity contribution in [2.45, 2.75) is 39.3 Å². The minimum Gasteiger partial charge on any atom is -0.507 e. The van der Waals surface area contributed by atoms with Crippen molar-refractivity contribution in [2.75, 3.05) is 12.0 Å². The highest BCUT2D eigenvalue weighted by molar-refractivity contribution is 7.22. The summed E-state index contributed by atoms with van der Waals surface area (Å²) in [5, 5.41) is 11.9. The predicted molar refractivity (Wildman–Crippen MR) is 152 cm³/mol. The van der Waals surface area contributed by atoms with E-state index in [0.29, 0.717) is 28.2 Å². The Morgan fingerprint density at radius 3 is 2.52 bits per heavy atom. The van der Waals surface area contributed by atoms with Crippen LogP contribution >= 0.6 is 11.3 Å². The van der Waals surface area contributed by atoms with Crippen LogP contribution in [0.15, 0.2) is 60.2 Å². The number of hydrogen-bond donors (Lipinski definition) is 1. The van der Waals surface area contributed by atoms with Crippen LogP contribution in [0.1, 0.15) is 51.1 Å². The van der Waals surface area contributed by atoms with Gasteiger partial charge in [-0.2, -0.15) is 0 Å². The smallest absolute Gasteiger partial charge is 0.337 e. The van der Waals surface area contributed by atoms with Crippen molar-refractivity contribution in [3.8, 4) is 5.75 Å². The Hall–Kier alpha value is -4.50. The average Bonchev–Trinajstić information content (AvgIpc) is 3.60. The number of esters is 1. The van der Waals surface area contributed by atoms with Crippen molar-refractivity contribution in [3.05, 3.63) is 93.6 Å². The quantitative estimate of drug-likeness (QED) is 0.150. The maximum absolute atomic E-state index is 13.6. The summed E-state index contributed by atoms with van der Waals surface area (Å²) < 4.78 is 11.5. The van der Waals surface area contributed by atoms with Gasteiger partial charge < -0.3 is 14.6 Å². The molecule has 2 unspecified atom stereocenters. The molecule has 6 rings (SSSR count). The normalized spacial score (nSPS) is 19.6. The average molecular weight is 555 g/mol. The van der Waals surface area contributed by atoms with Gasteiger partial charge in [0.05, 0.1) is 34.5 Å². The summed E-state index contributed by atoms with van der Waals surface area (Å²) in [5.74, 6) is -1.64. The molecule has 40 heavy (non-hydrogen) atoms. The van der Waals surface area contributed by atoms with Gasteiger partial charge in [0, 0.05) is 12.0 Å². The molecular formula is C31H26N2O6S. The van der Waals surface area contributed by atoms with Gasteiger partial charge >= 0.3 is 11.9 Å². The van der Waals surface area contributed by atoms with Crippen molar-refractivity contribution in [3.63, 3.8) is 0 Å². The monoisotopic (exact) mass is 554 g/mol. The number of benzene rings is 3. The number of Topliss-reactive ketones (excluding diaryl/α,β-unsaturated/α-hetero) is 1. The van der Waals surface area contributed by atoms with Crippen LogP contribution in [0.3, 0.4) is 0 Å². The molecule has 2 aliphatic rings. The second-order valence-corrected chi connectivity index (χ2v) is 11.2. The zero-order valence-corrected chi connectivity index (χ0v) is 23.2. The molecule has 202 valence electrons. The second kappa shape index (κ2) is 9.60. The highest BCUT2D eigenvalue weighted by atomic mass is 32.1. The second-order valence-electron chi connectivity index (χ2n) is 10.2. The van der Waals surface area contributed by atoms with Gasteiger partial charge in [0.1, 0.15) is 17.6 Å². The van der Waals surface area contributed by atoms with Gasteiger partial charge in [-0.1, -0.05) is 29.5 Å². The molecular weight excluding hydrogens is 528 g/mol. The maximum atomic E-state index is 13.6. The molecule has 9 heteroatoms. The molecule has 1 aromatic heterocycles. The van der Waals surface area contributed by atoms with E-state index in [0.717, 1.165) is 32.7 Å². The topological polar surface area (TPSA) is 106 Å². The van der Waals surface area contributed by atoms with Gasteiger partial charge in [-0.3, -0.25) is 14.5 Å². The summed E-state index contributed by atoms with van der Waals surface area (Å²) >= 11 is 1.31. The predicted octanol–water partition coefficient (Wildman–Crippen LogP) is 5.65. The Bertz CT molecular complexity index is 1750. The fraction of sp³-hybridized carbons (Fsp3) is 0.226. The number of anilines is 1. The van der Waals surface area contributed by atoms with Crippen molar-refractivity contribution < 1.29 is 29.0 Å². The van der Waals surface area contributed by atoms with E-state index in [1.807, 2.05) is 32.9 Å². The molecule has 0 spiro atoms. The number of rotatable bonds is 4. The molecule has 1 N–H and O–H groups in total. The minimum atomic E-state index is -0.961. The van der Waals surface area contributed by atoms with Crippen molar-refractivity contribution >= 4 is 50.1 Å². The number of carbonyl (C=O) groups is 3. The highest BCUT2D eigenvalue weighted by Gasteiger charge is 2.48. The van der Waals surface area contributed by atoms with Gasteiger partial charge in [0.2, 0.25) is 0 Å². The standard InChI is InChI=1S/C31H26N2O6S/c1-15-11-16(2)25-23(12-15)40-31(32-25)33-26(18-5-7-19(8-6-18)30(37)38-4)24(28(35)29(33)36)27(34)20-9-10-22-21(14-20)13-17(3)39-22/h5-12,14,17,26,34H,13H2,1-4H3/b27-24-. The van der Waals surface area contributed by atoms with Crippen LogP contribution in [-0.2, 0) is 20.7 Å². The summed E-state index contributed by atoms with van der Waals surface area (Å²) in [6.07, 6.45) is 0.686. The van der Waals surface area contributed by atoms with Crippen LogP contribution in [0.2, 0.25) is 0 Å². The third kappa shape index (κ3) is 4.14. The molecule has 3 aromatic carbocycles. The number of methoxy groups -OCH3 is 1. The Balaban J connectivity index is 1.53. The molecule has 1 saturated heterocycles. The van der Waals surface area contributed by atoms with Crippen molar-refractivity contribution in [2.24, 2.45) is 0 Å². The lowest BCUT2D eigenvalue weighted by atomic mass is 9.94. The van der Waals surface area contributed by atoms with Crippen molar-refractivity contribution in [1.29, 1.82) is 0 Å². The van der Waals surface area contributed by atoms with Gasteiger partial charge in [0.15, 0.2) is 5.13 Å². The minimum absolute atomic E-state index is 0.0115. The Morgan fingerprint density at radius 2 is 1.80 bits per heavy atom. The number of aromatic nitrogens is 1. The largest absolute Gasteiger partial charge is 0.507 e. The summed E-state index contributed by atoms with van der Waals surface area (Å²) in [6, 6.07) is 14.7. The first kappa shape index (κ1) is 25.8. The Morgan fingerprint density at radius 1 is 1.07 bits per heavy atom. The third-order valence-electron chi connectivity index (χ3n) is 7.29. The highest BCUT2D eigenvalue weighted by Crippen LogP contribution is 2.45. The maximum Gasteiger partial charge on any atom is 0.337 e. The third-order valence-corrected chi connectivity index (χ3v) is 8.29.